The summed E-state index contributed by atoms with van der Waals surface area (Å²) in [6.07, 6.45) is 7.65. The first-order valence-electron chi connectivity index (χ1n) is 9.23. The van der Waals surface area contributed by atoms with Gasteiger partial charge in [0, 0.05) is 52.2 Å². The smallest absolute Gasteiger partial charge is 0.271 e. The number of carbonyl (C=O) groups excluding carboxylic acids is 1. The van der Waals surface area contributed by atoms with Gasteiger partial charge in [-0.1, -0.05) is 0 Å². The average molecular weight is 370 g/mol. The second kappa shape index (κ2) is 9.94. The molecule has 0 spiro atoms. The summed E-state index contributed by atoms with van der Waals surface area (Å²) in [5.74, 6) is 0.552. The number of rotatable bonds is 8. The first-order valence-corrected chi connectivity index (χ1v) is 9.23. The van der Waals surface area contributed by atoms with E-state index in [0.29, 0.717) is 12.2 Å². The Morgan fingerprint density at radius 3 is 2.70 bits per heavy atom. The van der Waals surface area contributed by atoms with Crippen LogP contribution in [0.25, 0.3) is 0 Å². The van der Waals surface area contributed by atoms with E-state index in [9.17, 15) is 4.79 Å². The third-order valence-electron chi connectivity index (χ3n) is 4.56. The molecule has 0 aromatic carbocycles. The fourth-order valence-electron chi connectivity index (χ4n) is 2.84. The number of morpholine rings is 1. The van der Waals surface area contributed by atoms with Crippen molar-refractivity contribution in [2.45, 2.75) is 6.42 Å². The Bertz CT molecular complexity index is 704. The minimum Gasteiger partial charge on any atom is -0.379 e. The van der Waals surface area contributed by atoms with Crippen LogP contribution in [0.15, 0.2) is 36.9 Å². The van der Waals surface area contributed by atoms with E-state index in [0.717, 1.165) is 51.6 Å². The highest BCUT2D eigenvalue weighted by molar-refractivity contribution is 5.91. The van der Waals surface area contributed by atoms with Crippen LogP contribution in [-0.4, -0.2) is 78.7 Å². The molecule has 27 heavy (non-hydrogen) atoms. The van der Waals surface area contributed by atoms with Crippen LogP contribution in [0, 0.1) is 0 Å². The first kappa shape index (κ1) is 19.2. The van der Waals surface area contributed by atoms with Crippen LogP contribution in [0.5, 0.6) is 0 Å². The topological polar surface area (TPSA) is 83.5 Å². The number of nitrogens with zero attached hydrogens (tertiary/aromatic N) is 5. The molecule has 1 aliphatic heterocycles. The number of pyridine rings is 1. The number of hydrogen-bond donors (Lipinski definition) is 1. The molecule has 0 aliphatic carbocycles. The van der Waals surface area contributed by atoms with Gasteiger partial charge in [-0.2, -0.15) is 0 Å². The van der Waals surface area contributed by atoms with E-state index >= 15 is 0 Å². The normalized spacial score (nSPS) is 14.7. The van der Waals surface area contributed by atoms with E-state index in [4.69, 9.17) is 4.74 Å². The van der Waals surface area contributed by atoms with Crippen molar-refractivity contribution < 1.29 is 9.53 Å². The number of carbonyl (C=O) groups is 1. The van der Waals surface area contributed by atoms with Gasteiger partial charge >= 0.3 is 0 Å². The molecule has 1 N–H and O–H groups in total. The summed E-state index contributed by atoms with van der Waals surface area (Å²) in [6, 6.07) is 4.01. The molecule has 1 aliphatic rings. The third-order valence-corrected chi connectivity index (χ3v) is 4.56. The van der Waals surface area contributed by atoms with Crippen molar-refractivity contribution in [3.8, 4) is 0 Å². The van der Waals surface area contributed by atoms with Gasteiger partial charge in [0.2, 0.25) is 0 Å². The number of anilines is 1. The molecule has 1 saturated heterocycles. The standard InChI is InChI=1S/C19H26N6O2/c1-24(8-4-16-2-5-20-6-3-16)18-15-22-17(14-23-18)19(26)21-7-9-25-10-12-27-13-11-25/h2-3,5-6,14-15H,4,7-13H2,1H3,(H,21,26). The Hall–Kier alpha value is -2.58. The zero-order chi connectivity index (χ0) is 18.9. The van der Waals surface area contributed by atoms with Gasteiger partial charge in [-0.25, -0.2) is 9.97 Å². The van der Waals surface area contributed by atoms with Crippen molar-refractivity contribution >= 4 is 11.7 Å². The molecular formula is C19H26N6O2. The highest BCUT2D eigenvalue weighted by Gasteiger charge is 2.12. The predicted molar refractivity (Wildman–Crippen MR) is 103 cm³/mol. The summed E-state index contributed by atoms with van der Waals surface area (Å²) in [4.78, 5) is 29.2. The van der Waals surface area contributed by atoms with Crippen molar-refractivity contribution in [1.29, 1.82) is 0 Å². The SMILES string of the molecule is CN(CCc1ccncc1)c1cnc(C(=O)NCCN2CCOCC2)cn1. The van der Waals surface area contributed by atoms with E-state index in [1.165, 1.54) is 11.8 Å². The highest BCUT2D eigenvalue weighted by atomic mass is 16.5. The number of amides is 1. The maximum Gasteiger partial charge on any atom is 0.271 e. The van der Waals surface area contributed by atoms with Crippen LogP contribution in [-0.2, 0) is 11.2 Å². The summed E-state index contributed by atoms with van der Waals surface area (Å²) in [6.45, 7) is 5.56. The van der Waals surface area contributed by atoms with Crippen molar-refractivity contribution in [3.63, 3.8) is 0 Å². The molecule has 8 heteroatoms. The molecular weight excluding hydrogens is 344 g/mol. The summed E-state index contributed by atoms with van der Waals surface area (Å²) >= 11 is 0. The lowest BCUT2D eigenvalue weighted by Crippen LogP contribution is -2.41. The molecule has 3 rings (SSSR count). The van der Waals surface area contributed by atoms with Crippen LogP contribution in [0.2, 0.25) is 0 Å². The minimum absolute atomic E-state index is 0.193. The zero-order valence-corrected chi connectivity index (χ0v) is 15.7. The Kier molecular flexibility index (Phi) is 7.06. The number of hydrogen-bond acceptors (Lipinski definition) is 7. The lowest BCUT2D eigenvalue weighted by atomic mass is 10.2. The Morgan fingerprint density at radius 1 is 1.22 bits per heavy atom. The molecule has 2 aromatic heterocycles. The van der Waals surface area contributed by atoms with E-state index in [2.05, 4.69) is 25.2 Å². The fourth-order valence-corrected chi connectivity index (χ4v) is 2.84. The summed E-state index contributed by atoms with van der Waals surface area (Å²) < 4.78 is 5.32. The third kappa shape index (κ3) is 5.97. The number of ether oxygens (including phenoxy) is 1. The monoisotopic (exact) mass is 370 g/mol. The van der Waals surface area contributed by atoms with Crippen LogP contribution in [0.3, 0.4) is 0 Å². The Morgan fingerprint density at radius 2 is 2.00 bits per heavy atom. The maximum absolute atomic E-state index is 12.2. The zero-order valence-electron chi connectivity index (χ0n) is 15.7. The van der Waals surface area contributed by atoms with Crippen molar-refractivity contribution in [2.75, 3.05) is 57.9 Å². The minimum atomic E-state index is -0.193. The fraction of sp³-hybridized carbons (Fsp3) is 0.474. The second-order valence-electron chi connectivity index (χ2n) is 6.50. The van der Waals surface area contributed by atoms with E-state index in [1.807, 2.05) is 24.1 Å². The van der Waals surface area contributed by atoms with Crippen molar-refractivity contribution in [1.82, 2.24) is 25.2 Å². The number of nitrogens with one attached hydrogen (secondary N) is 1. The lowest BCUT2D eigenvalue weighted by Gasteiger charge is -2.26. The average Bonchev–Trinajstić information content (AvgIpc) is 2.73. The Labute approximate surface area is 159 Å². The van der Waals surface area contributed by atoms with Crippen molar-refractivity contribution in [2.24, 2.45) is 0 Å². The van der Waals surface area contributed by atoms with Gasteiger partial charge in [0.15, 0.2) is 0 Å². The van der Waals surface area contributed by atoms with Gasteiger partial charge in [0.05, 0.1) is 25.6 Å². The molecule has 3 heterocycles. The molecule has 0 atom stereocenters. The molecule has 144 valence electrons. The molecule has 0 unspecified atom stereocenters. The highest BCUT2D eigenvalue weighted by Crippen LogP contribution is 2.08. The molecule has 0 radical (unpaired) electrons. The van der Waals surface area contributed by atoms with Gasteiger partial charge in [-0.3, -0.25) is 14.7 Å². The summed E-state index contributed by atoms with van der Waals surface area (Å²) in [5.41, 5.74) is 1.56. The predicted octanol–water partition coefficient (Wildman–Crippen LogP) is 0.613. The molecule has 1 amide bonds. The van der Waals surface area contributed by atoms with Gasteiger partial charge in [0.25, 0.3) is 5.91 Å². The van der Waals surface area contributed by atoms with E-state index in [1.54, 1.807) is 18.6 Å². The van der Waals surface area contributed by atoms with Crippen LogP contribution in [0.4, 0.5) is 5.82 Å². The number of likely N-dealkylation sites (N-methyl/N-ethyl adjacent to an activating group) is 1. The molecule has 2 aromatic rings. The molecule has 8 nitrogen and oxygen atoms in total. The maximum atomic E-state index is 12.2. The van der Waals surface area contributed by atoms with Crippen molar-refractivity contribution in [3.05, 3.63) is 48.2 Å². The van der Waals surface area contributed by atoms with Gasteiger partial charge in [-0.15, -0.1) is 0 Å². The second-order valence-corrected chi connectivity index (χ2v) is 6.50. The van der Waals surface area contributed by atoms with Gasteiger partial charge in [0.1, 0.15) is 11.5 Å². The van der Waals surface area contributed by atoms with Crippen LogP contribution in [0.1, 0.15) is 16.1 Å². The quantitative estimate of drug-likeness (QED) is 0.729. The molecule has 1 fully saturated rings. The number of aromatic nitrogens is 3. The van der Waals surface area contributed by atoms with Crippen LogP contribution < -0.4 is 10.2 Å². The molecule has 0 saturated carbocycles. The van der Waals surface area contributed by atoms with Crippen LogP contribution >= 0.6 is 0 Å². The summed E-state index contributed by atoms with van der Waals surface area (Å²) in [7, 11) is 1.97. The largest absolute Gasteiger partial charge is 0.379 e. The van der Waals surface area contributed by atoms with Gasteiger partial charge < -0.3 is 15.0 Å². The Balaban J connectivity index is 1.43. The van der Waals surface area contributed by atoms with Gasteiger partial charge in [-0.05, 0) is 24.1 Å². The van der Waals surface area contributed by atoms with E-state index in [-0.39, 0.29) is 5.91 Å². The first-order chi connectivity index (χ1) is 13.2. The summed E-state index contributed by atoms with van der Waals surface area (Å²) in [5, 5.41) is 2.90. The molecule has 0 bridgehead atoms. The lowest BCUT2D eigenvalue weighted by molar-refractivity contribution is 0.0383. The van der Waals surface area contributed by atoms with E-state index < -0.39 is 0 Å².